The minimum atomic E-state index is 0.0430. The second-order valence-corrected chi connectivity index (χ2v) is 5.80. The molecule has 1 unspecified atom stereocenters. The zero-order valence-electron chi connectivity index (χ0n) is 12.8. The fourth-order valence-electron chi connectivity index (χ4n) is 2.66. The second kappa shape index (κ2) is 7.24. The standard InChI is InChI=1S/C15H24N4O2/c1-11(9-13-10-12(2)17-18-13)16-14(20)5-3-7-19-8-4-6-15(19)21/h10-11H,3-9H2,1-2H3,(H,16,20)(H,17,18). The summed E-state index contributed by atoms with van der Waals surface area (Å²) in [5, 5.41) is 10.0. The molecule has 1 fully saturated rings. The lowest BCUT2D eigenvalue weighted by molar-refractivity contribution is -0.128. The second-order valence-electron chi connectivity index (χ2n) is 5.80. The minimum absolute atomic E-state index is 0.0430. The van der Waals surface area contributed by atoms with Crippen LogP contribution in [-0.4, -0.2) is 46.0 Å². The summed E-state index contributed by atoms with van der Waals surface area (Å²) in [5.74, 6) is 0.263. The van der Waals surface area contributed by atoms with Crippen LogP contribution in [0, 0.1) is 6.92 Å². The third-order valence-corrected chi connectivity index (χ3v) is 3.68. The Morgan fingerprint density at radius 2 is 2.38 bits per heavy atom. The molecule has 2 rings (SSSR count). The molecule has 0 bridgehead atoms. The van der Waals surface area contributed by atoms with E-state index in [9.17, 15) is 9.59 Å². The number of aromatic nitrogens is 2. The van der Waals surface area contributed by atoms with Gasteiger partial charge in [-0.05, 0) is 32.8 Å². The molecule has 1 aliphatic rings. The first-order valence-corrected chi connectivity index (χ1v) is 7.62. The molecule has 1 aromatic heterocycles. The van der Waals surface area contributed by atoms with Gasteiger partial charge in [0.1, 0.15) is 0 Å². The Balaban J connectivity index is 1.63. The van der Waals surface area contributed by atoms with Crippen LogP contribution < -0.4 is 5.32 Å². The van der Waals surface area contributed by atoms with Crippen LogP contribution in [0.1, 0.15) is 44.0 Å². The van der Waals surface area contributed by atoms with Crippen molar-refractivity contribution in [3.63, 3.8) is 0 Å². The number of rotatable bonds is 7. The van der Waals surface area contributed by atoms with E-state index in [1.165, 1.54) is 0 Å². The highest BCUT2D eigenvalue weighted by molar-refractivity contribution is 5.78. The Morgan fingerprint density at radius 3 is 3.00 bits per heavy atom. The van der Waals surface area contributed by atoms with Gasteiger partial charge < -0.3 is 10.2 Å². The molecule has 1 aromatic rings. The van der Waals surface area contributed by atoms with Crippen molar-refractivity contribution in [3.8, 4) is 0 Å². The largest absolute Gasteiger partial charge is 0.353 e. The number of hydrogen-bond donors (Lipinski definition) is 2. The maximum absolute atomic E-state index is 11.9. The van der Waals surface area contributed by atoms with Crippen LogP contribution >= 0.6 is 0 Å². The summed E-state index contributed by atoms with van der Waals surface area (Å²) in [6.45, 7) is 5.47. The van der Waals surface area contributed by atoms with Crippen LogP contribution in [0.25, 0.3) is 0 Å². The van der Waals surface area contributed by atoms with E-state index < -0.39 is 0 Å². The molecule has 116 valence electrons. The minimum Gasteiger partial charge on any atom is -0.353 e. The molecule has 1 saturated heterocycles. The Labute approximate surface area is 125 Å². The van der Waals surface area contributed by atoms with Crippen LogP contribution in [0.5, 0.6) is 0 Å². The van der Waals surface area contributed by atoms with E-state index in [1.54, 1.807) is 0 Å². The van der Waals surface area contributed by atoms with Crippen LogP contribution in [0.4, 0.5) is 0 Å². The van der Waals surface area contributed by atoms with Gasteiger partial charge in [0.2, 0.25) is 11.8 Å². The molecule has 1 aliphatic heterocycles. The summed E-state index contributed by atoms with van der Waals surface area (Å²) in [7, 11) is 0. The van der Waals surface area contributed by atoms with Gasteiger partial charge in [-0.15, -0.1) is 0 Å². The number of nitrogens with zero attached hydrogens (tertiary/aromatic N) is 2. The molecule has 0 spiro atoms. The van der Waals surface area contributed by atoms with Crippen molar-refractivity contribution in [1.82, 2.24) is 20.4 Å². The topological polar surface area (TPSA) is 78.1 Å². The highest BCUT2D eigenvalue weighted by Crippen LogP contribution is 2.10. The molecule has 21 heavy (non-hydrogen) atoms. The number of aromatic amines is 1. The van der Waals surface area contributed by atoms with Gasteiger partial charge in [0, 0.05) is 44.1 Å². The van der Waals surface area contributed by atoms with Gasteiger partial charge in [-0.3, -0.25) is 14.7 Å². The Bertz CT molecular complexity index is 498. The smallest absolute Gasteiger partial charge is 0.222 e. The molecule has 0 radical (unpaired) electrons. The summed E-state index contributed by atoms with van der Waals surface area (Å²) in [6.07, 6.45) is 3.53. The zero-order valence-corrected chi connectivity index (χ0v) is 12.8. The van der Waals surface area contributed by atoms with Gasteiger partial charge in [0.05, 0.1) is 5.69 Å². The van der Waals surface area contributed by atoms with E-state index in [-0.39, 0.29) is 17.9 Å². The van der Waals surface area contributed by atoms with Crippen LogP contribution in [-0.2, 0) is 16.0 Å². The Hall–Kier alpha value is -1.85. The summed E-state index contributed by atoms with van der Waals surface area (Å²) >= 11 is 0. The number of amides is 2. The van der Waals surface area contributed by atoms with Crippen LogP contribution in [0.15, 0.2) is 6.07 Å². The number of carbonyl (C=O) groups excluding carboxylic acids is 2. The molecule has 2 amide bonds. The molecule has 0 aromatic carbocycles. The zero-order chi connectivity index (χ0) is 15.2. The Morgan fingerprint density at radius 1 is 1.57 bits per heavy atom. The summed E-state index contributed by atoms with van der Waals surface area (Å²) in [5.41, 5.74) is 1.99. The predicted molar refractivity (Wildman–Crippen MR) is 79.7 cm³/mol. The van der Waals surface area contributed by atoms with Gasteiger partial charge >= 0.3 is 0 Å². The average molecular weight is 292 g/mol. The van der Waals surface area contributed by atoms with E-state index in [1.807, 2.05) is 24.8 Å². The SMILES string of the molecule is Cc1cc(CC(C)NC(=O)CCCN2CCCC2=O)n[nH]1. The summed E-state index contributed by atoms with van der Waals surface area (Å²) in [4.78, 5) is 25.2. The number of hydrogen-bond acceptors (Lipinski definition) is 3. The Kier molecular flexibility index (Phi) is 5.36. The van der Waals surface area contributed by atoms with Crippen LogP contribution in [0.2, 0.25) is 0 Å². The fourth-order valence-corrected chi connectivity index (χ4v) is 2.66. The van der Waals surface area contributed by atoms with E-state index in [2.05, 4.69) is 15.5 Å². The maximum Gasteiger partial charge on any atom is 0.222 e. The van der Waals surface area contributed by atoms with Crippen molar-refractivity contribution in [1.29, 1.82) is 0 Å². The van der Waals surface area contributed by atoms with Gasteiger partial charge in [0.15, 0.2) is 0 Å². The van der Waals surface area contributed by atoms with Crippen molar-refractivity contribution in [2.24, 2.45) is 0 Å². The molecule has 6 heteroatoms. The van der Waals surface area contributed by atoms with Crippen molar-refractivity contribution in [3.05, 3.63) is 17.5 Å². The lowest BCUT2D eigenvalue weighted by Crippen LogP contribution is -2.35. The first-order chi connectivity index (χ1) is 10.0. The third-order valence-electron chi connectivity index (χ3n) is 3.68. The van der Waals surface area contributed by atoms with E-state index >= 15 is 0 Å². The van der Waals surface area contributed by atoms with Crippen LogP contribution in [0.3, 0.4) is 0 Å². The van der Waals surface area contributed by atoms with E-state index in [0.717, 1.165) is 37.2 Å². The lowest BCUT2D eigenvalue weighted by atomic mass is 10.1. The molecule has 6 nitrogen and oxygen atoms in total. The number of likely N-dealkylation sites (tertiary alicyclic amines) is 1. The van der Waals surface area contributed by atoms with Crippen molar-refractivity contribution in [2.45, 2.75) is 52.0 Å². The fraction of sp³-hybridized carbons (Fsp3) is 0.667. The first-order valence-electron chi connectivity index (χ1n) is 7.62. The molecule has 0 saturated carbocycles. The molecule has 2 N–H and O–H groups in total. The highest BCUT2D eigenvalue weighted by Gasteiger charge is 2.19. The van der Waals surface area contributed by atoms with Crippen molar-refractivity contribution in [2.75, 3.05) is 13.1 Å². The van der Waals surface area contributed by atoms with Gasteiger partial charge in [-0.2, -0.15) is 5.10 Å². The third kappa shape index (κ3) is 4.88. The first kappa shape index (κ1) is 15.5. The average Bonchev–Trinajstić information content (AvgIpc) is 2.99. The molecule has 0 aliphatic carbocycles. The quantitative estimate of drug-likeness (QED) is 0.792. The summed E-state index contributed by atoms with van der Waals surface area (Å²) in [6, 6.07) is 2.05. The maximum atomic E-state index is 11.9. The monoisotopic (exact) mass is 292 g/mol. The number of H-pyrrole nitrogens is 1. The predicted octanol–water partition coefficient (Wildman–Crippen LogP) is 1.17. The molecular weight excluding hydrogens is 268 g/mol. The normalized spacial score (nSPS) is 16.3. The molecular formula is C15H24N4O2. The van der Waals surface area contributed by atoms with Gasteiger partial charge in [-0.1, -0.05) is 0 Å². The number of carbonyl (C=O) groups is 2. The van der Waals surface area contributed by atoms with Gasteiger partial charge in [0.25, 0.3) is 0 Å². The van der Waals surface area contributed by atoms with E-state index in [0.29, 0.717) is 19.4 Å². The lowest BCUT2D eigenvalue weighted by Gasteiger charge is -2.16. The highest BCUT2D eigenvalue weighted by atomic mass is 16.2. The number of nitrogens with one attached hydrogen (secondary N) is 2. The molecule has 2 heterocycles. The summed E-state index contributed by atoms with van der Waals surface area (Å²) < 4.78 is 0. The molecule has 1 atom stereocenters. The number of aryl methyl sites for hydroxylation is 1. The van der Waals surface area contributed by atoms with E-state index in [4.69, 9.17) is 0 Å². The van der Waals surface area contributed by atoms with Gasteiger partial charge in [-0.25, -0.2) is 0 Å². The van der Waals surface area contributed by atoms with Crippen molar-refractivity contribution >= 4 is 11.8 Å². The van der Waals surface area contributed by atoms with Crippen molar-refractivity contribution < 1.29 is 9.59 Å².